The number of nitrogens with one attached hydrogen (secondary N) is 2. The Kier molecular flexibility index (Phi) is 3.49. The third kappa shape index (κ3) is 3.18. The lowest BCUT2D eigenvalue weighted by molar-refractivity contribution is -0.0901. The van der Waals surface area contributed by atoms with Crippen molar-refractivity contribution in [1.82, 2.24) is 10.6 Å². The van der Waals surface area contributed by atoms with Crippen molar-refractivity contribution in [1.29, 1.82) is 0 Å². The molecule has 0 aliphatic heterocycles. The van der Waals surface area contributed by atoms with Crippen molar-refractivity contribution in [3.63, 3.8) is 0 Å². The molecule has 2 N–H and O–H groups in total. The summed E-state index contributed by atoms with van der Waals surface area (Å²) in [6.07, 6.45) is 3.39. The molecule has 3 fully saturated rings. The number of hydrogen-bond acceptors (Lipinski definition) is 3. The first kappa shape index (κ1) is 14.6. The second-order valence-corrected chi connectivity index (χ2v) is 7.92. The van der Waals surface area contributed by atoms with E-state index in [-0.39, 0.29) is 24.8 Å². The van der Waals surface area contributed by atoms with Gasteiger partial charge in [-0.1, -0.05) is 0 Å². The maximum Gasteiger partial charge on any atom is 0.252 e. The molecule has 0 bridgehead atoms. The molecule has 0 saturated heterocycles. The van der Waals surface area contributed by atoms with Gasteiger partial charge in [-0.2, -0.15) is 0 Å². The van der Waals surface area contributed by atoms with Gasteiger partial charge in [0.15, 0.2) is 0 Å². The molecule has 22 heavy (non-hydrogen) atoms. The fourth-order valence-corrected chi connectivity index (χ4v) is 4.14. The lowest BCUT2D eigenvalue weighted by atomic mass is 9.88. The smallest absolute Gasteiger partial charge is 0.252 e. The fraction of sp³-hybridized carbons (Fsp3) is 0.688. The van der Waals surface area contributed by atoms with Crippen LogP contribution in [0.25, 0.3) is 0 Å². The second kappa shape index (κ2) is 5.27. The Bertz CT molecular complexity index is 576. The number of amides is 1. The summed E-state index contributed by atoms with van der Waals surface area (Å²) in [4.78, 5) is 13.3. The average Bonchev–Trinajstić information content (AvgIpc) is 3.33. The van der Waals surface area contributed by atoms with Crippen LogP contribution >= 0.6 is 11.3 Å². The summed E-state index contributed by atoms with van der Waals surface area (Å²) in [6.45, 7) is 1.12. The van der Waals surface area contributed by atoms with Crippen LogP contribution in [0.1, 0.15) is 53.3 Å². The van der Waals surface area contributed by atoms with E-state index in [2.05, 4.69) is 10.6 Å². The molecule has 3 aliphatic carbocycles. The largest absolute Gasteiger partial charge is 0.349 e. The van der Waals surface area contributed by atoms with E-state index in [1.165, 1.54) is 17.7 Å². The Balaban J connectivity index is 1.27. The van der Waals surface area contributed by atoms with Crippen molar-refractivity contribution < 1.29 is 13.6 Å². The zero-order chi connectivity index (χ0) is 15.3. The third-order valence-electron chi connectivity index (χ3n) is 4.83. The van der Waals surface area contributed by atoms with Crippen LogP contribution in [0.3, 0.4) is 0 Å². The molecule has 1 aromatic heterocycles. The van der Waals surface area contributed by atoms with Crippen LogP contribution in [-0.2, 0) is 0 Å². The minimum atomic E-state index is -2.59. The van der Waals surface area contributed by atoms with Gasteiger partial charge in [0.25, 0.3) is 11.8 Å². The van der Waals surface area contributed by atoms with Crippen molar-refractivity contribution in [3.05, 3.63) is 21.9 Å². The SMILES string of the molecule is O=C(NC1CC(F)(F)C1)c1csc(C2CC2NCC2CC2)c1. The van der Waals surface area contributed by atoms with Crippen molar-refractivity contribution >= 4 is 17.2 Å². The fourth-order valence-electron chi connectivity index (χ4n) is 3.07. The van der Waals surface area contributed by atoms with Crippen molar-refractivity contribution in [3.8, 4) is 0 Å². The summed E-state index contributed by atoms with van der Waals surface area (Å²) in [5.74, 6) is -1.40. The van der Waals surface area contributed by atoms with Crippen LogP contribution in [0.15, 0.2) is 11.4 Å². The molecule has 3 nitrogen and oxygen atoms in total. The summed E-state index contributed by atoms with van der Waals surface area (Å²) < 4.78 is 25.6. The molecular weight excluding hydrogens is 306 g/mol. The first-order valence-electron chi connectivity index (χ1n) is 8.01. The predicted molar refractivity (Wildman–Crippen MR) is 81.6 cm³/mol. The van der Waals surface area contributed by atoms with E-state index >= 15 is 0 Å². The minimum Gasteiger partial charge on any atom is -0.349 e. The summed E-state index contributed by atoms with van der Waals surface area (Å²) >= 11 is 1.61. The monoisotopic (exact) mass is 326 g/mol. The molecule has 3 saturated carbocycles. The molecule has 4 rings (SSSR count). The van der Waals surface area contributed by atoms with Crippen LogP contribution in [0, 0.1) is 5.92 Å². The number of rotatable bonds is 6. The Morgan fingerprint density at radius 1 is 1.36 bits per heavy atom. The van der Waals surface area contributed by atoms with Gasteiger partial charge in [-0.05, 0) is 37.8 Å². The highest BCUT2D eigenvalue weighted by Crippen LogP contribution is 2.44. The number of thiophene rings is 1. The van der Waals surface area contributed by atoms with Gasteiger partial charge in [0, 0.05) is 41.1 Å². The van der Waals surface area contributed by atoms with Crippen LogP contribution in [0.4, 0.5) is 8.78 Å². The highest BCUT2D eigenvalue weighted by Gasteiger charge is 2.46. The highest BCUT2D eigenvalue weighted by molar-refractivity contribution is 7.10. The number of carbonyl (C=O) groups excluding carboxylic acids is 1. The van der Waals surface area contributed by atoms with Crippen molar-refractivity contribution in [2.75, 3.05) is 6.54 Å². The van der Waals surface area contributed by atoms with E-state index in [0.717, 1.165) is 18.9 Å². The van der Waals surface area contributed by atoms with E-state index in [4.69, 9.17) is 0 Å². The van der Waals surface area contributed by atoms with E-state index in [1.807, 2.05) is 11.4 Å². The maximum atomic E-state index is 12.8. The predicted octanol–water partition coefficient (Wildman–Crippen LogP) is 3.13. The lowest BCUT2D eigenvalue weighted by Gasteiger charge is -2.35. The first-order valence-corrected chi connectivity index (χ1v) is 8.89. The molecule has 1 heterocycles. The molecule has 1 aromatic rings. The summed E-state index contributed by atoms with van der Waals surface area (Å²) in [5, 5.41) is 8.13. The van der Waals surface area contributed by atoms with Crippen molar-refractivity contribution in [2.45, 2.75) is 56.0 Å². The number of hydrogen-bond donors (Lipinski definition) is 2. The molecule has 3 aliphatic rings. The van der Waals surface area contributed by atoms with Gasteiger partial charge in [0.05, 0.1) is 5.56 Å². The van der Waals surface area contributed by atoms with Crippen LogP contribution in [0.5, 0.6) is 0 Å². The van der Waals surface area contributed by atoms with Gasteiger partial charge in [0.2, 0.25) is 0 Å². The molecule has 2 atom stereocenters. The molecule has 1 amide bonds. The average molecular weight is 326 g/mol. The number of alkyl halides is 2. The molecule has 0 spiro atoms. The number of carbonyl (C=O) groups is 1. The van der Waals surface area contributed by atoms with Crippen LogP contribution < -0.4 is 10.6 Å². The Morgan fingerprint density at radius 2 is 2.14 bits per heavy atom. The van der Waals surface area contributed by atoms with E-state index in [9.17, 15) is 13.6 Å². The van der Waals surface area contributed by atoms with Crippen molar-refractivity contribution in [2.24, 2.45) is 5.92 Å². The zero-order valence-corrected chi connectivity index (χ0v) is 13.1. The van der Waals surface area contributed by atoms with Crippen LogP contribution in [-0.4, -0.2) is 30.5 Å². The molecule has 0 radical (unpaired) electrons. The third-order valence-corrected chi connectivity index (χ3v) is 5.89. The Hall–Kier alpha value is -1.01. The Labute approximate surface area is 132 Å². The molecule has 6 heteroatoms. The second-order valence-electron chi connectivity index (χ2n) is 6.97. The van der Waals surface area contributed by atoms with E-state index in [1.54, 1.807) is 11.3 Å². The standard InChI is InChI=1S/C16H20F2N2OS/c17-16(18)5-11(6-16)20-15(21)10-3-14(22-8-10)12-4-13(12)19-7-9-1-2-9/h3,8-9,11-13,19H,1-2,4-7H2,(H,20,21). The Morgan fingerprint density at radius 3 is 2.82 bits per heavy atom. The van der Waals surface area contributed by atoms with Gasteiger partial charge in [0.1, 0.15) is 0 Å². The molecule has 120 valence electrons. The maximum absolute atomic E-state index is 12.8. The minimum absolute atomic E-state index is 0.217. The zero-order valence-electron chi connectivity index (χ0n) is 12.3. The van der Waals surface area contributed by atoms with Gasteiger partial charge in [-0.3, -0.25) is 4.79 Å². The van der Waals surface area contributed by atoms with Gasteiger partial charge in [-0.25, -0.2) is 8.78 Å². The quantitative estimate of drug-likeness (QED) is 0.843. The molecular formula is C16H20F2N2OS. The summed E-state index contributed by atoms with van der Waals surface area (Å²) in [7, 11) is 0. The highest BCUT2D eigenvalue weighted by atomic mass is 32.1. The van der Waals surface area contributed by atoms with Gasteiger partial charge >= 0.3 is 0 Å². The summed E-state index contributed by atoms with van der Waals surface area (Å²) in [6, 6.07) is 2.11. The first-order chi connectivity index (χ1) is 10.5. The van der Waals surface area contributed by atoms with Gasteiger partial charge in [-0.15, -0.1) is 11.3 Å². The van der Waals surface area contributed by atoms with E-state index in [0.29, 0.717) is 17.5 Å². The topological polar surface area (TPSA) is 41.1 Å². The van der Waals surface area contributed by atoms with Crippen LogP contribution in [0.2, 0.25) is 0 Å². The van der Waals surface area contributed by atoms with Gasteiger partial charge < -0.3 is 10.6 Å². The molecule has 2 unspecified atom stereocenters. The lowest BCUT2D eigenvalue weighted by Crippen LogP contribution is -2.50. The van der Waals surface area contributed by atoms with E-state index < -0.39 is 5.92 Å². The molecule has 0 aromatic carbocycles. The normalized spacial score (nSPS) is 29.9. The summed E-state index contributed by atoms with van der Waals surface area (Å²) in [5.41, 5.74) is 0.614. The number of halogens is 2.